The van der Waals surface area contributed by atoms with Crippen molar-refractivity contribution in [3.8, 4) is 11.1 Å². The van der Waals surface area contributed by atoms with Gasteiger partial charge in [0, 0.05) is 18.0 Å². The largest absolute Gasteiger partial charge is 0.480 e. The lowest BCUT2D eigenvalue weighted by Crippen LogP contribution is -2.42. The van der Waals surface area contributed by atoms with Crippen LogP contribution in [0.3, 0.4) is 0 Å². The highest BCUT2D eigenvalue weighted by Crippen LogP contribution is 2.33. The number of carboxylic acids is 1. The van der Waals surface area contributed by atoms with Crippen LogP contribution in [0.2, 0.25) is 0 Å². The molecule has 0 aliphatic heterocycles. The average molecular weight is 310 g/mol. The number of carbonyl (C=O) groups excluding carboxylic acids is 1. The van der Waals surface area contributed by atoms with Crippen molar-refractivity contribution >= 4 is 11.9 Å². The molecule has 3 rings (SSSR count). The van der Waals surface area contributed by atoms with Gasteiger partial charge in [-0.2, -0.15) is 0 Å². The Morgan fingerprint density at radius 2 is 2.00 bits per heavy atom. The molecule has 1 heterocycles. The number of aliphatic carboxylic acids is 1. The number of carboxylic acid groups (broad SMARTS) is 1. The SMILES string of the molecule is Cc1cccc(-c2cncc(C(=O)NC(C(=O)O)C3CC3)c2)c1. The number of amides is 1. The van der Waals surface area contributed by atoms with Gasteiger partial charge in [0.15, 0.2) is 0 Å². The van der Waals surface area contributed by atoms with E-state index in [9.17, 15) is 14.7 Å². The minimum atomic E-state index is -0.983. The van der Waals surface area contributed by atoms with Crippen LogP contribution in [0, 0.1) is 12.8 Å². The summed E-state index contributed by atoms with van der Waals surface area (Å²) in [5.41, 5.74) is 3.30. The van der Waals surface area contributed by atoms with Crippen molar-refractivity contribution in [2.45, 2.75) is 25.8 Å². The van der Waals surface area contributed by atoms with Crippen molar-refractivity contribution in [3.63, 3.8) is 0 Å². The average Bonchev–Trinajstić information content (AvgIpc) is 3.37. The number of hydrogen-bond acceptors (Lipinski definition) is 3. The maximum Gasteiger partial charge on any atom is 0.326 e. The Balaban J connectivity index is 1.81. The third kappa shape index (κ3) is 3.56. The van der Waals surface area contributed by atoms with Gasteiger partial charge in [0.2, 0.25) is 0 Å². The number of pyridine rings is 1. The number of rotatable bonds is 5. The topological polar surface area (TPSA) is 79.3 Å². The van der Waals surface area contributed by atoms with Crippen LogP contribution in [0.15, 0.2) is 42.7 Å². The summed E-state index contributed by atoms with van der Waals surface area (Å²) in [6.07, 6.45) is 4.85. The highest BCUT2D eigenvalue weighted by Gasteiger charge is 2.37. The van der Waals surface area contributed by atoms with Crippen LogP contribution >= 0.6 is 0 Å². The minimum absolute atomic E-state index is 0.0457. The van der Waals surface area contributed by atoms with E-state index in [0.717, 1.165) is 29.5 Å². The second-order valence-electron chi connectivity index (χ2n) is 5.96. The number of nitrogens with one attached hydrogen (secondary N) is 1. The van der Waals surface area contributed by atoms with Gasteiger partial charge in [-0.05, 0) is 37.3 Å². The third-order valence-corrected chi connectivity index (χ3v) is 4.00. The second kappa shape index (κ2) is 6.20. The number of carbonyl (C=O) groups is 2. The van der Waals surface area contributed by atoms with Gasteiger partial charge >= 0.3 is 5.97 Å². The van der Waals surface area contributed by atoms with E-state index in [1.807, 2.05) is 31.2 Å². The van der Waals surface area contributed by atoms with Crippen molar-refractivity contribution in [1.29, 1.82) is 0 Å². The number of aromatic nitrogens is 1. The van der Waals surface area contributed by atoms with E-state index in [4.69, 9.17) is 0 Å². The van der Waals surface area contributed by atoms with E-state index >= 15 is 0 Å². The fourth-order valence-corrected chi connectivity index (χ4v) is 2.58. The van der Waals surface area contributed by atoms with E-state index in [-0.39, 0.29) is 5.92 Å². The van der Waals surface area contributed by atoms with Gasteiger partial charge in [-0.15, -0.1) is 0 Å². The Morgan fingerprint density at radius 3 is 2.65 bits per heavy atom. The van der Waals surface area contributed by atoms with E-state index < -0.39 is 17.9 Å². The molecule has 1 atom stereocenters. The maximum absolute atomic E-state index is 12.3. The lowest BCUT2D eigenvalue weighted by molar-refractivity contribution is -0.139. The van der Waals surface area contributed by atoms with Crippen LogP contribution in [-0.2, 0) is 4.79 Å². The Kier molecular flexibility index (Phi) is 4.10. The molecule has 1 saturated carbocycles. The number of hydrogen-bond donors (Lipinski definition) is 2. The molecule has 0 spiro atoms. The number of benzene rings is 1. The first kappa shape index (κ1) is 15.2. The van der Waals surface area contributed by atoms with Crippen molar-refractivity contribution in [2.24, 2.45) is 5.92 Å². The molecule has 1 aromatic carbocycles. The lowest BCUT2D eigenvalue weighted by Gasteiger charge is -2.13. The Morgan fingerprint density at radius 1 is 1.22 bits per heavy atom. The molecule has 0 bridgehead atoms. The summed E-state index contributed by atoms with van der Waals surface area (Å²) < 4.78 is 0. The van der Waals surface area contributed by atoms with Crippen molar-refractivity contribution in [3.05, 3.63) is 53.9 Å². The van der Waals surface area contributed by atoms with Gasteiger partial charge in [-0.25, -0.2) is 4.79 Å². The van der Waals surface area contributed by atoms with Crippen LogP contribution in [0.25, 0.3) is 11.1 Å². The Labute approximate surface area is 134 Å². The van der Waals surface area contributed by atoms with E-state index in [2.05, 4.69) is 10.3 Å². The molecule has 5 heteroatoms. The summed E-state index contributed by atoms with van der Waals surface area (Å²) in [6.45, 7) is 2.00. The Hall–Kier alpha value is -2.69. The molecule has 0 radical (unpaired) electrons. The minimum Gasteiger partial charge on any atom is -0.480 e. The standard InChI is InChI=1S/C18H18N2O3/c1-11-3-2-4-13(7-11)14-8-15(10-19-9-14)17(21)20-16(18(22)23)12-5-6-12/h2-4,7-10,12,16H,5-6H2,1H3,(H,20,21)(H,22,23). The smallest absolute Gasteiger partial charge is 0.326 e. The highest BCUT2D eigenvalue weighted by atomic mass is 16.4. The molecule has 1 fully saturated rings. The molecule has 1 amide bonds. The molecule has 5 nitrogen and oxygen atoms in total. The van der Waals surface area contributed by atoms with Gasteiger partial charge in [0.05, 0.1) is 5.56 Å². The molecule has 23 heavy (non-hydrogen) atoms. The molecule has 2 aromatic rings. The molecule has 1 aromatic heterocycles. The van der Waals surface area contributed by atoms with Gasteiger partial charge < -0.3 is 10.4 Å². The zero-order valence-electron chi connectivity index (χ0n) is 12.8. The molecule has 0 saturated heterocycles. The summed E-state index contributed by atoms with van der Waals surface area (Å²) >= 11 is 0. The predicted octanol–water partition coefficient (Wildman–Crippen LogP) is 2.65. The van der Waals surface area contributed by atoms with Gasteiger partial charge in [-0.3, -0.25) is 9.78 Å². The summed E-state index contributed by atoms with van der Waals surface area (Å²) in [7, 11) is 0. The summed E-state index contributed by atoms with van der Waals surface area (Å²) in [5.74, 6) is -1.33. The van der Waals surface area contributed by atoms with Crippen LogP contribution in [-0.4, -0.2) is 28.0 Å². The van der Waals surface area contributed by atoms with E-state index in [0.29, 0.717) is 5.56 Å². The second-order valence-corrected chi connectivity index (χ2v) is 5.96. The monoisotopic (exact) mass is 310 g/mol. The normalized spacial score (nSPS) is 15.0. The van der Waals surface area contributed by atoms with Crippen molar-refractivity contribution < 1.29 is 14.7 Å². The Bertz CT molecular complexity index is 753. The summed E-state index contributed by atoms with van der Waals surface area (Å²) in [6, 6.07) is 8.85. The fraction of sp³-hybridized carbons (Fsp3) is 0.278. The van der Waals surface area contributed by atoms with Crippen LogP contribution in [0.4, 0.5) is 0 Å². The van der Waals surface area contributed by atoms with Crippen LogP contribution in [0.5, 0.6) is 0 Å². The summed E-state index contributed by atoms with van der Waals surface area (Å²) in [5, 5.41) is 11.8. The van der Waals surface area contributed by atoms with Gasteiger partial charge in [0.1, 0.15) is 6.04 Å². The molecule has 1 aliphatic carbocycles. The molecular formula is C18H18N2O3. The first-order chi connectivity index (χ1) is 11.0. The molecular weight excluding hydrogens is 292 g/mol. The number of nitrogens with zero attached hydrogens (tertiary/aromatic N) is 1. The first-order valence-corrected chi connectivity index (χ1v) is 7.60. The summed E-state index contributed by atoms with van der Waals surface area (Å²) in [4.78, 5) is 27.7. The van der Waals surface area contributed by atoms with E-state index in [1.54, 1.807) is 12.3 Å². The van der Waals surface area contributed by atoms with Gasteiger partial charge in [0.25, 0.3) is 5.91 Å². The maximum atomic E-state index is 12.3. The van der Waals surface area contributed by atoms with Crippen molar-refractivity contribution in [2.75, 3.05) is 0 Å². The lowest BCUT2D eigenvalue weighted by atomic mass is 10.0. The molecule has 1 aliphatic rings. The van der Waals surface area contributed by atoms with Crippen LogP contribution in [0.1, 0.15) is 28.8 Å². The quantitative estimate of drug-likeness (QED) is 0.890. The van der Waals surface area contributed by atoms with Crippen molar-refractivity contribution in [1.82, 2.24) is 10.3 Å². The third-order valence-electron chi connectivity index (χ3n) is 4.00. The zero-order valence-corrected chi connectivity index (χ0v) is 12.8. The fourth-order valence-electron chi connectivity index (χ4n) is 2.58. The van der Waals surface area contributed by atoms with E-state index in [1.165, 1.54) is 6.20 Å². The number of aryl methyl sites for hydroxylation is 1. The predicted molar refractivity (Wildman–Crippen MR) is 86.0 cm³/mol. The van der Waals surface area contributed by atoms with Crippen LogP contribution < -0.4 is 5.32 Å². The molecule has 118 valence electrons. The zero-order chi connectivity index (χ0) is 16.4. The van der Waals surface area contributed by atoms with Gasteiger partial charge in [-0.1, -0.05) is 29.8 Å². The molecule has 2 N–H and O–H groups in total. The molecule has 1 unspecified atom stereocenters. The highest BCUT2D eigenvalue weighted by molar-refractivity contribution is 5.97. The first-order valence-electron chi connectivity index (χ1n) is 7.60.